The highest BCUT2D eigenvalue weighted by atomic mass is 16.2. The van der Waals surface area contributed by atoms with E-state index in [0.29, 0.717) is 18.5 Å². The lowest BCUT2D eigenvalue weighted by atomic mass is 10.1. The fraction of sp³-hybridized carbons (Fsp3) is 0.882. The van der Waals surface area contributed by atoms with Crippen molar-refractivity contribution >= 4 is 11.8 Å². The molecule has 6 heteroatoms. The Hall–Kier alpha value is -1.14. The van der Waals surface area contributed by atoms with Crippen LogP contribution in [0.2, 0.25) is 0 Å². The minimum absolute atomic E-state index is 0.0764. The van der Waals surface area contributed by atoms with Crippen molar-refractivity contribution in [3.63, 3.8) is 0 Å². The highest BCUT2D eigenvalue weighted by Gasteiger charge is 2.30. The van der Waals surface area contributed by atoms with E-state index in [4.69, 9.17) is 0 Å². The minimum Gasteiger partial charge on any atom is -0.352 e. The zero-order chi connectivity index (χ0) is 17.0. The molecule has 23 heavy (non-hydrogen) atoms. The summed E-state index contributed by atoms with van der Waals surface area (Å²) < 4.78 is 0. The van der Waals surface area contributed by atoms with E-state index in [-0.39, 0.29) is 23.9 Å². The summed E-state index contributed by atoms with van der Waals surface area (Å²) >= 11 is 0. The Morgan fingerprint density at radius 2 is 1.65 bits per heavy atom. The molecule has 1 aliphatic carbocycles. The summed E-state index contributed by atoms with van der Waals surface area (Å²) in [7, 11) is 0. The van der Waals surface area contributed by atoms with E-state index >= 15 is 0 Å². The van der Waals surface area contributed by atoms with Crippen molar-refractivity contribution in [1.82, 2.24) is 20.4 Å². The number of nitrogens with one attached hydrogen (secondary N) is 2. The quantitative estimate of drug-likeness (QED) is 0.713. The lowest BCUT2D eigenvalue weighted by Crippen LogP contribution is -2.55. The number of hydrogen-bond donors (Lipinski definition) is 2. The number of carbonyl (C=O) groups is 2. The standard InChI is InChI=1S/C17H32N4O2/c1-12(2)13(3)18-16(22)11-20-7-9-21(10-8-20)14(4)17(23)19-15-5-6-15/h12-15H,5-11H2,1-4H3,(H,18,22)(H,19,23). The molecule has 2 unspecified atom stereocenters. The van der Waals surface area contributed by atoms with Crippen molar-refractivity contribution in [2.75, 3.05) is 32.7 Å². The van der Waals surface area contributed by atoms with Gasteiger partial charge in [-0.05, 0) is 32.6 Å². The van der Waals surface area contributed by atoms with E-state index in [1.165, 1.54) is 0 Å². The van der Waals surface area contributed by atoms with Crippen LogP contribution in [0.1, 0.15) is 40.5 Å². The van der Waals surface area contributed by atoms with Gasteiger partial charge in [-0.25, -0.2) is 0 Å². The molecule has 0 bridgehead atoms. The van der Waals surface area contributed by atoms with Crippen LogP contribution < -0.4 is 10.6 Å². The molecular weight excluding hydrogens is 292 g/mol. The predicted molar refractivity (Wildman–Crippen MR) is 91.1 cm³/mol. The Morgan fingerprint density at radius 3 is 2.17 bits per heavy atom. The first-order valence-corrected chi connectivity index (χ1v) is 8.93. The maximum absolute atomic E-state index is 12.1. The second kappa shape index (κ2) is 8.11. The molecule has 0 aromatic rings. The van der Waals surface area contributed by atoms with Gasteiger partial charge in [-0.2, -0.15) is 0 Å². The van der Waals surface area contributed by atoms with E-state index in [0.717, 1.165) is 39.0 Å². The molecule has 132 valence electrons. The lowest BCUT2D eigenvalue weighted by Gasteiger charge is -2.37. The van der Waals surface area contributed by atoms with Gasteiger partial charge in [-0.3, -0.25) is 19.4 Å². The summed E-state index contributed by atoms with van der Waals surface area (Å²) in [6.45, 7) is 12.0. The highest BCUT2D eigenvalue weighted by molar-refractivity contribution is 5.82. The zero-order valence-corrected chi connectivity index (χ0v) is 15.0. The van der Waals surface area contributed by atoms with Gasteiger partial charge in [0.1, 0.15) is 0 Å². The van der Waals surface area contributed by atoms with Crippen LogP contribution in [0.15, 0.2) is 0 Å². The average molecular weight is 324 g/mol. The van der Waals surface area contributed by atoms with E-state index in [9.17, 15) is 9.59 Å². The van der Waals surface area contributed by atoms with Crippen LogP contribution in [0.25, 0.3) is 0 Å². The van der Waals surface area contributed by atoms with Crippen molar-refractivity contribution in [3.05, 3.63) is 0 Å². The number of rotatable bonds is 7. The minimum atomic E-state index is -0.0764. The fourth-order valence-electron chi connectivity index (χ4n) is 2.69. The molecule has 2 rings (SSSR count). The first kappa shape index (κ1) is 18.2. The first-order chi connectivity index (χ1) is 10.9. The Kier molecular flexibility index (Phi) is 6.41. The maximum Gasteiger partial charge on any atom is 0.237 e. The van der Waals surface area contributed by atoms with Crippen LogP contribution in [0.3, 0.4) is 0 Å². The van der Waals surface area contributed by atoms with Gasteiger partial charge in [-0.15, -0.1) is 0 Å². The summed E-state index contributed by atoms with van der Waals surface area (Å²) in [6.07, 6.45) is 2.24. The van der Waals surface area contributed by atoms with Gasteiger partial charge in [0, 0.05) is 38.3 Å². The summed E-state index contributed by atoms with van der Waals surface area (Å²) in [6, 6.07) is 0.542. The van der Waals surface area contributed by atoms with Gasteiger partial charge in [0.2, 0.25) is 11.8 Å². The number of amides is 2. The van der Waals surface area contributed by atoms with Crippen LogP contribution in [-0.2, 0) is 9.59 Å². The van der Waals surface area contributed by atoms with Crippen LogP contribution in [0.4, 0.5) is 0 Å². The molecule has 0 aromatic carbocycles. The molecule has 2 amide bonds. The Balaban J connectivity index is 1.68. The molecular formula is C17H32N4O2. The molecule has 0 radical (unpaired) electrons. The summed E-state index contributed by atoms with van der Waals surface area (Å²) in [5, 5.41) is 6.12. The van der Waals surface area contributed by atoms with E-state index < -0.39 is 0 Å². The van der Waals surface area contributed by atoms with Crippen molar-refractivity contribution in [2.45, 2.75) is 58.7 Å². The molecule has 1 saturated carbocycles. The van der Waals surface area contributed by atoms with Crippen molar-refractivity contribution in [1.29, 1.82) is 0 Å². The topological polar surface area (TPSA) is 64.7 Å². The van der Waals surface area contributed by atoms with Gasteiger partial charge < -0.3 is 10.6 Å². The lowest BCUT2D eigenvalue weighted by molar-refractivity contribution is -0.128. The molecule has 6 nitrogen and oxygen atoms in total. The fourth-order valence-corrected chi connectivity index (χ4v) is 2.69. The Labute approximate surface area is 140 Å². The molecule has 1 aliphatic heterocycles. The van der Waals surface area contributed by atoms with Gasteiger partial charge in [-0.1, -0.05) is 13.8 Å². The van der Waals surface area contributed by atoms with Gasteiger partial charge in [0.25, 0.3) is 0 Å². The SMILES string of the molecule is CC(C)C(C)NC(=O)CN1CCN(C(C)C(=O)NC2CC2)CC1. The highest BCUT2D eigenvalue weighted by Crippen LogP contribution is 2.19. The van der Waals surface area contributed by atoms with E-state index in [2.05, 4.69) is 34.3 Å². The van der Waals surface area contributed by atoms with Crippen molar-refractivity contribution in [3.8, 4) is 0 Å². The molecule has 1 saturated heterocycles. The molecule has 2 atom stereocenters. The third-order valence-electron chi connectivity index (χ3n) is 5.01. The molecule has 0 spiro atoms. The van der Waals surface area contributed by atoms with Gasteiger partial charge in [0.15, 0.2) is 0 Å². The number of nitrogens with zero attached hydrogens (tertiary/aromatic N) is 2. The van der Waals surface area contributed by atoms with Crippen molar-refractivity contribution in [2.24, 2.45) is 5.92 Å². The van der Waals surface area contributed by atoms with Gasteiger partial charge >= 0.3 is 0 Å². The zero-order valence-electron chi connectivity index (χ0n) is 15.0. The first-order valence-electron chi connectivity index (χ1n) is 8.93. The molecule has 0 aromatic heterocycles. The second-order valence-electron chi connectivity index (χ2n) is 7.37. The number of piperazine rings is 1. The Bertz CT molecular complexity index is 415. The third kappa shape index (κ3) is 5.77. The molecule has 1 heterocycles. The predicted octanol–water partition coefficient (Wildman–Crippen LogP) is 0.432. The summed E-state index contributed by atoms with van der Waals surface area (Å²) in [4.78, 5) is 28.5. The van der Waals surface area contributed by atoms with Crippen LogP contribution in [0.5, 0.6) is 0 Å². The second-order valence-corrected chi connectivity index (χ2v) is 7.37. The average Bonchev–Trinajstić information content (AvgIpc) is 3.30. The molecule has 2 fully saturated rings. The number of carbonyl (C=O) groups excluding carboxylic acids is 2. The normalized spacial score (nSPS) is 22.7. The van der Waals surface area contributed by atoms with Gasteiger partial charge in [0.05, 0.1) is 12.6 Å². The molecule has 2 N–H and O–H groups in total. The summed E-state index contributed by atoms with van der Waals surface area (Å²) in [5.41, 5.74) is 0. The maximum atomic E-state index is 12.1. The van der Waals surface area contributed by atoms with Crippen LogP contribution in [-0.4, -0.2) is 72.5 Å². The number of hydrogen-bond acceptors (Lipinski definition) is 4. The van der Waals surface area contributed by atoms with E-state index in [1.807, 2.05) is 13.8 Å². The monoisotopic (exact) mass is 324 g/mol. The Morgan fingerprint density at radius 1 is 1.04 bits per heavy atom. The van der Waals surface area contributed by atoms with E-state index in [1.54, 1.807) is 0 Å². The third-order valence-corrected chi connectivity index (χ3v) is 5.01. The smallest absolute Gasteiger partial charge is 0.237 e. The molecule has 2 aliphatic rings. The van der Waals surface area contributed by atoms with Crippen LogP contribution >= 0.6 is 0 Å². The largest absolute Gasteiger partial charge is 0.352 e. The van der Waals surface area contributed by atoms with Crippen molar-refractivity contribution < 1.29 is 9.59 Å². The summed E-state index contributed by atoms with van der Waals surface area (Å²) in [5.74, 6) is 0.685. The van der Waals surface area contributed by atoms with Crippen LogP contribution in [0, 0.1) is 5.92 Å².